The molecule has 2 fully saturated rings. The van der Waals surface area contributed by atoms with Gasteiger partial charge >= 0.3 is 0 Å². The molecule has 0 bridgehead atoms. The van der Waals surface area contributed by atoms with Crippen molar-refractivity contribution in [2.45, 2.75) is 82.0 Å². The van der Waals surface area contributed by atoms with Gasteiger partial charge in [-0.25, -0.2) is 18.9 Å². The number of pyridine rings is 1. The quantitative estimate of drug-likeness (QED) is 0.463. The van der Waals surface area contributed by atoms with Crippen LogP contribution in [0.3, 0.4) is 0 Å². The molecular weight excluding hydrogens is 483 g/mol. The first-order valence-electron chi connectivity index (χ1n) is 13.8. The third-order valence-corrected chi connectivity index (χ3v) is 8.36. The van der Waals surface area contributed by atoms with Gasteiger partial charge in [-0.2, -0.15) is 5.10 Å². The van der Waals surface area contributed by atoms with E-state index in [-0.39, 0.29) is 24.6 Å². The van der Waals surface area contributed by atoms with Crippen molar-refractivity contribution in [2.24, 2.45) is 0 Å². The first-order valence-corrected chi connectivity index (χ1v) is 13.8. The lowest BCUT2D eigenvalue weighted by Crippen LogP contribution is -2.39. The first-order chi connectivity index (χ1) is 18.5. The van der Waals surface area contributed by atoms with Gasteiger partial charge in [0.15, 0.2) is 0 Å². The number of hydrogen-bond acceptors (Lipinski definition) is 6. The van der Waals surface area contributed by atoms with Gasteiger partial charge in [0.05, 0.1) is 35.6 Å². The molecule has 0 spiro atoms. The molecular formula is C29H35FN6O2. The number of alkyl halides is 1. The Bertz CT molecular complexity index is 1360. The van der Waals surface area contributed by atoms with Crippen LogP contribution in [0.1, 0.15) is 85.0 Å². The molecule has 0 aliphatic heterocycles. The van der Waals surface area contributed by atoms with E-state index in [0.29, 0.717) is 24.4 Å². The average molecular weight is 519 g/mol. The highest BCUT2D eigenvalue weighted by atomic mass is 19.1. The summed E-state index contributed by atoms with van der Waals surface area (Å²) in [6, 6.07) is 4.20. The molecule has 1 amide bonds. The molecule has 3 heterocycles. The maximum absolute atomic E-state index is 14.5. The van der Waals surface area contributed by atoms with Crippen molar-refractivity contribution in [1.82, 2.24) is 24.9 Å². The second-order valence-electron chi connectivity index (χ2n) is 10.9. The second-order valence-corrected chi connectivity index (χ2v) is 10.9. The maximum atomic E-state index is 14.5. The fraction of sp³-hybridized carbons (Fsp3) is 0.517. The highest BCUT2D eigenvalue weighted by molar-refractivity contribution is 6.01. The van der Waals surface area contributed by atoms with Crippen molar-refractivity contribution in [2.75, 3.05) is 19.0 Å². The number of nitrogens with one attached hydrogen (secondary N) is 2. The van der Waals surface area contributed by atoms with E-state index in [0.717, 1.165) is 79.3 Å². The minimum Gasteiger partial charge on any atom is -0.381 e. The summed E-state index contributed by atoms with van der Waals surface area (Å²) >= 11 is 0. The Morgan fingerprint density at radius 1 is 1.21 bits per heavy atom. The molecule has 3 aromatic rings. The maximum Gasteiger partial charge on any atom is 0.255 e. The van der Waals surface area contributed by atoms with Gasteiger partial charge in [0.2, 0.25) is 5.95 Å². The lowest BCUT2D eigenvalue weighted by Gasteiger charge is -2.33. The molecule has 0 radical (unpaired) electrons. The zero-order valence-electron chi connectivity index (χ0n) is 21.9. The first kappa shape index (κ1) is 25.0. The summed E-state index contributed by atoms with van der Waals surface area (Å²) in [5.41, 5.74) is 4.21. The molecule has 3 aliphatic carbocycles. The number of ether oxygens (including phenoxy) is 1. The highest BCUT2D eigenvalue weighted by Crippen LogP contribution is 2.36. The van der Waals surface area contributed by atoms with Gasteiger partial charge in [-0.1, -0.05) is 6.08 Å². The number of rotatable bonds is 7. The Hall–Kier alpha value is -3.33. The van der Waals surface area contributed by atoms with Crippen LogP contribution in [0, 0.1) is 0 Å². The zero-order valence-corrected chi connectivity index (χ0v) is 21.9. The fourth-order valence-corrected chi connectivity index (χ4v) is 5.82. The van der Waals surface area contributed by atoms with Crippen molar-refractivity contribution in [3.05, 3.63) is 59.2 Å². The van der Waals surface area contributed by atoms with Crippen LogP contribution >= 0.6 is 0 Å². The fourth-order valence-electron chi connectivity index (χ4n) is 5.82. The number of allylic oxidation sites excluding steroid dienone is 1. The molecule has 2 N–H and O–H groups in total. The second kappa shape index (κ2) is 10.4. The van der Waals surface area contributed by atoms with Crippen LogP contribution in [0.15, 0.2) is 36.8 Å². The number of aromatic nitrogens is 4. The molecule has 3 aliphatic rings. The number of amides is 1. The van der Waals surface area contributed by atoms with Crippen molar-refractivity contribution in [1.29, 1.82) is 0 Å². The Morgan fingerprint density at radius 3 is 2.82 bits per heavy atom. The summed E-state index contributed by atoms with van der Waals surface area (Å²) in [6.07, 6.45) is 16.5. The summed E-state index contributed by atoms with van der Waals surface area (Å²) < 4.78 is 21.7. The van der Waals surface area contributed by atoms with E-state index in [9.17, 15) is 9.18 Å². The van der Waals surface area contributed by atoms with E-state index in [1.807, 2.05) is 24.5 Å². The number of nitrogens with zero attached hydrogens (tertiary/aromatic N) is 4. The van der Waals surface area contributed by atoms with Crippen LogP contribution in [0.25, 0.3) is 11.1 Å². The van der Waals surface area contributed by atoms with E-state index in [1.54, 1.807) is 17.8 Å². The molecule has 8 nitrogen and oxygen atoms in total. The molecule has 0 atom stereocenters. The summed E-state index contributed by atoms with van der Waals surface area (Å²) in [6.45, 7) is 0.255. The van der Waals surface area contributed by atoms with Gasteiger partial charge in [0.25, 0.3) is 5.91 Å². The molecule has 0 aromatic carbocycles. The lowest BCUT2D eigenvalue weighted by atomic mass is 9.82. The Morgan fingerprint density at radius 2 is 2.05 bits per heavy atom. The van der Waals surface area contributed by atoms with Crippen molar-refractivity contribution in [3.8, 4) is 0 Å². The van der Waals surface area contributed by atoms with Crippen LogP contribution in [-0.4, -0.2) is 57.0 Å². The smallest absolute Gasteiger partial charge is 0.255 e. The zero-order chi connectivity index (χ0) is 26.1. The van der Waals surface area contributed by atoms with Gasteiger partial charge in [-0.15, -0.1) is 0 Å². The lowest BCUT2D eigenvalue weighted by molar-refractivity contribution is 0.0599. The molecule has 38 heavy (non-hydrogen) atoms. The van der Waals surface area contributed by atoms with Gasteiger partial charge in [-0.3, -0.25) is 4.79 Å². The summed E-state index contributed by atoms with van der Waals surface area (Å²) in [4.78, 5) is 22.5. The standard InChI is InChI=1S/C29H35FN6O2/c1-38-21-9-7-20(8-10-21)34-27(37)24-17-33-36-14-11-19(15-26(24)36)22-5-2-3-6-25-23(22)16-31-28(35-25)32-18-29(30)12-4-13-29/h5,11,14-17,20-21H,2-4,6-10,12-13,18H2,1H3,(H,34,37)(H,31,32,35). The van der Waals surface area contributed by atoms with Gasteiger partial charge in [0, 0.05) is 31.1 Å². The highest BCUT2D eigenvalue weighted by Gasteiger charge is 2.37. The number of halogens is 1. The van der Waals surface area contributed by atoms with Gasteiger partial charge < -0.3 is 15.4 Å². The monoisotopic (exact) mass is 518 g/mol. The Kier molecular flexibility index (Phi) is 6.86. The van der Waals surface area contributed by atoms with Crippen LogP contribution in [0.5, 0.6) is 0 Å². The Labute approximate surface area is 222 Å². The Balaban J connectivity index is 1.23. The SMILES string of the molecule is COC1CCC(NC(=O)c2cnn3ccc(C4=CCCCc5nc(NCC6(F)CCC6)ncc54)cc23)CC1. The molecule has 6 rings (SSSR count). The van der Waals surface area contributed by atoms with Crippen LogP contribution in [-0.2, 0) is 11.2 Å². The summed E-state index contributed by atoms with van der Waals surface area (Å²) in [7, 11) is 1.75. The normalized spacial score (nSPS) is 22.6. The number of aryl methyl sites for hydroxylation is 1. The summed E-state index contributed by atoms with van der Waals surface area (Å²) in [5.74, 6) is 0.392. The van der Waals surface area contributed by atoms with Crippen molar-refractivity contribution >= 4 is 22.9 Å². The van der Waals surface area contributed by atoms with E-state index in [4.69, 9.17) is 9.72 Å². The van der Waals surface area contributed by atoms with Gasteiger partial charge in [0.1, 0.15) is 5.67 Å². The molecule has 0 saturated heterocycles. The molecule has 200 valence electrons. The minimum absolute atomic E-state index is 0.0931. The molecule has 9 heteroatoms. The number of anilines is 1. The number of fused-ring (bicyclic) bond motifs is 2. The van der Waals surface area contributed by atoms with Crippen LogP contribution in [0.4, 0.5) is 10.3 Å². The number of hydrogen-bond donors (Lipinski definition) is 2. The van der Waals surface area contributed by atoms with Crippen LogP contribution in [0.2, 0.25) is 0 Å². The largest absolute Gasteiger partial charge is 0.381 e. The minimum atomic E-state index is -1.13. The van der Waals surface area contributed by atoms with E-state index < -0.39 is 5.67 Å². The van der Waals surface area contributed by atoms with Crippen LogP contribution < -0.4 is 10.6 Å². The third kappa shape index (κ3) is 5.04. The van der Waals surface area contributed by atoms with E-state index in [1.165, 1.54) is 0 Å². The van der Waals surface area contributed by atoms with E-state index in [2.05, 4.69) is 26.8 Å². The molecule has 0 unspecified atom stereocenters. The third-order valence-electron chi connectivity index (χ3n) is 8.36. The average Bonchev–Trinajstić information content (AvgIpc) is 3.23. The number of carbonyl (C=O) groups is 1. The number of carbonyl (C=O) groups excluding carboxylic acids is 1. The topological polar surface area (TPSA) is 93.4 Å². The van der Waals surface area contributed by atoms with Crippen molar-refractivity contribution < 1.29 is 13.9 Å². The number of methoxy groups -OCH3 is 1. The molecule has 3 aromatic heterocycles. The molecule has 2 saturated carbocycles. The predicted molar refractivity (Wildman–Crippen MR) is 144 cm³/mol. The van der Waals surface area contributed by atoms with Crippen molar-refractivity contribution in [3.63, 3.8) is 0 Å². The summed E-state index contributed by atoms with van der Waals surface area (Å²) in [5, 5.41) is 10.7. The van der Waals surface area contributed by atoms with E-state index >= 15 is 0 Å². The predicted octanol–water partition coefficient (Wildman–Crippen LogP) is 4.88. The van der Waals surface area contributed by atoms with Gasteiger partial charge in [-0.05, 0) is 87.5 Å².